The molecule has 1 aromatic rings. The maximum absolute atomic E-state index is 11.2. The highest BCUT2D eigenvalue weighted by molar-refractivity contribution is 7.10. The molecule has 1 unspecified atom stereocenters. The lowest BCUT2D eigenvalue weighted by Crippen LogP contribution is -2.40. The third-order valence-electron chi connectivity index (χ3n) is 2.16. The van der Waals surface area contributed by atoms with E-state index in [-0.39, 0.29) is 11.9 Å². The van der Waals surface area contributed by atoms with Crippen molar-refractivity contribution in [3.63, 3.8) is 0 Å². The van der Waals surface area contributed by atoms with E-state index in [9.17, 15) is 9.59 Å². The zero-order chi connectivity index (χ0) is 12.1. The van der Waals surface area contributed by atoms with Crippen molar-refractivity contribution in [3.05, 3.63) is 21.9 Å². The average Bonchev–Trinajstić information content (AvgIpc) is 2.73. The first-order valence-electron chi connectivity index (χ1n) is 4.86. The summed E-state index contributed by atoms with van der Waals surface area (Å²) >= 11 is 1.44. The van der Waals surface area contributed by atoms with Crippen LogP contribution in [0.4, 0.5) is 0 Å². The minimum atomic E-state index is -0.429. The molecule has 1 heterocycles. The highest BCUT2D eigenvalue weighted by Crippen LogP contribution is 2.13. The largest absolute Gasteiger partial charge is 0.366 e. The van der Waals surface area contributed by atoms with E-state index in [0.29, 0.717) is 12.1 Å². The predicted octanol–water partition coefficient (Wildman–Crippen LogP) is 0.0711. The van der Waals surface area contributed by atoms with Gasteiger partial charge in [-0.15, -0.1) is 11.3 Å². The quantitative estimate of drug-likeness (QED) is 0.682. The Morgan fingerprint density at radius 2 is 2.25 bits per heavy atom. The monoisotopic (exact) mass is 241 g/mol. The zero-order valence-corrected chi connectivity index (χ0v) is 10.1. The molecule has 4 N–H and O–H groups in total. The fraction of sp³-hybridized carbons (Fsp3) is 0.400. The standard InChI is InChI=1S/C10H15N3O2S/c1-6(10(15)12-2)13-4-8-3-7(5-16-8)9(11)14/h3,5-6,13H,4H2,1-2H3,(H2,11,14)(H,12,15). The first-order chi connectivity index (χ1) is 7.54. The van der Waals surface area contributed by atoms with Gasteiger partial charge in [0.2, 0.25) is 11.8 Å². The van der Waals surface area contributed by atoms with E-state index in [1.807, 2.05) is 0 Å². The average molecular weight is 241 g/mol. The van der Waals surface area contributed by atoms with Crippen LogP contribution in [0, 0.1) is 0 Å². The zero-order valence-electron chi connectivity index (χ0n) is 9.24. The van der Waals surface area contributed by atoms with Crippen molar-refractivity contribution in [2.24, 2.45) is 5.73 Å². The SMILES string of the molecule is CNC(=O)C(C)NCc1cc(C(N)=O)cs1. The van der Waals surface area contributed by atoms with Crippen molar-refractivity contribution >= 4 is 23.2 Å². The second kappa shape index (κ2) is 5.62. The molecule has 1 rings (SSSR count). The van der Waals surface area contributed by atoms with Crippen LogP contribution in [0.2, 0.25) is 0 Å². The van der Waals surface area contributed by atoms with Gasteiger partial charge >= 0.3 is 0 Å². The molecular formula is C10H15N3O2S. The summed E-state index contributed by atoms with van der Waals surface area (Å²) < 4.78 is 0. The van der Waals surface area contributed by atoms with Crippen molar-refractivity contribution in [3.8, 4) is 0 Å². The van der Waals surface area contributed by atoms with E-state index in [0.717, 1.165) is 4.88 Å². The van der Waals surface area contributed by atoms with Crippen LogP contribution in [0.5, 0.6) is 0 Å². The molecular weight excluding hydrogens is 226 g/mol. The molecule has 0 fully saturated rings. The molecule has 0 aliphatic rings. The highest BCUT2D eigenvalue weighted by atomic mass is 32.1. The van der Waals surface area contributed by atoms with Gasteiger partial charge in [-0.3, -0.25) is 9.59 Å². The molecule has 88 valence electrons. The Balaban J connectivity index is 2.48. The predicted molar refractivity (Wildman–Crippen MR) is 63.2 cm³/mol. The van der Waals surface area contributed by atoms with Gasteiger partial charge < -0.3 is 16.4 Å². The third-order valence-corrected chi connectivity index (χ3v) is 3.10. The maximum atomic E-state index is 11.2. The number of nitrogens with one attached hydrogen (secondary N) is 2. The number of carbonyl (C=O) groups is 2. The summed E-state index contributed by atoms with van der Waals surface area (Å²) in [6.07, 6.45) is 0. The summed E-state index contributed by atoms with van der Waals surface area (Å²) in [5.74, 6) is -0.492. The summed E-state index contributed by atoms with van der Waals surface area (Å²) in [4.78, 5) is 23.0. The summed E-state index contributed by atoms with van der Waals surface area (Å²) in [6, 6.07) is 1.47. The molecule has 0 aromatic carbocycles. The van der Waals surface area contributed by atoms with Gasteiger partial charge in [0.25, 0.3) is 0 Å². The van der Waals surface area contributed by atoms with Gasteiger partial charge in [0.05, 0.1) is 11.6 Å². The lowest BCUT2D eigenvalue weighted by Gasteiger charge is -2.10. The smallest absolute Gasteiger partial charge is 0.249 e. The van der Waals surface area contributed by atoms with Crippen LogP contribution in [-0.4, -0.2) is 24.9 Å². The fourth-order valence-electron chi connectivity index (χ4n) is 1.17. The maximum Gasteiger partial charge on any atom is 0.249 e. The number of primary amides is 1. The first kappa shape index (κ1) is 12.7. The Hall–Kier alpha value is -1.40. The van der Waals surface area contributed by atoms with Crippen LogP contribution in [0.25, 0.3) is 0 Å². The van der Waals surface area contributed by atoms with E-state index < -0.39 is 5.91 Å². The Labute approximate surface area is 98.0 Å². The normalized spacial score (nSPS) is 12.1. The second-order valence-electron chi connectivity index (χ2n) is 3.38. The molecule has 2 amide bonds. The van der Waals surface area contributed by atoms with E-state index in [2.05, 4.69) is 10.6 Å². The van der Waals surface area contributed by atoms with Crippen molar-refractivity contribution in [1.82, 2.24) is 10.6 Å². The molecule has 5 nitrogen and oxygen atoms in total. The van der Waals surface area contributed by atoms with Crippen LogP contribution in [0.3, 0.4) is 0 Å². The van der Waals surface area contributed by atoms with Gasteiger partial charge in [0.1, 0.15) is 0 Å². The van der Waals surface area contributed by atoms with Crippen molar-refractivity contribution < 1.29 is 9.59 Å². The van der Waals surface area contributed by atoms with E-state index >= 15 is 0 Å². The third kappa shape index (κ3) is 3.32. The highest BCUT2D eigenvalue weighted by Gasteiger charge is 2.11. The summed E-state index contributed by atoms with van der Waals surface area (Å²) in [6.45, 7) is 2.33. The molecule has 0 spiro atoms. The van der Waals surface area contributed by atoms with Crippen LogP contribution in [0.15, 0.2) is 11.4 Å². The van der Waals surface area contributed by atoms with Crippen molar-refractivity contribution in [2.45, 2.75) is 19.5 Å². The molecule has 6 heteroatoms. The molecule has 0 aliphatic heterocycles. The lowest BCUT2D eigenvalue weighted by molar-refractivity contribution is -0.122. The minimum absolute atomic E-state index is 0.0633. The van der Waals surface area contributed by atoms with Gasteiger partial charge in [-0.05, 0) is 13.0 Å². The topological polar surface area (TPSA) is 84.2 Å². The molecule has 1 aromatic heterocycles. The van der Waals surface area contributed by atoms with E-state index in [4.69, 9.17) is 5.73 Å². The van der Waals surface area contributed by atoms with Gasteiger partial charge in [-0.1, -0.05) is 0 Å². The second-order valence-corrected chi connectivity index (χ2v) is 4.38. The Kier molecular flexibility index (Phi) is 4.45. The molecule has 0 saturated carbocycles. The van der Waals surface area contributed by atoms with Gasteiger partial charge in [-0.2, -0.15) is 0 Å². The number of amides is 2. The number of hydrogen-bond donors (Lipinski definition) is 3. The van der Waals surface area contributed by atoms with E-state index in [1.165, 1.54) is 11.3 Å². The van der Waals surface area contributed by atoms with Crippen LogP contribution in [-0.2, 0) is 11.3 Å². The molecule has 0 radical (unpaired) electrons. The van der Waals surface area contributed by atoms with Crippen LogP contribution in [0.1, 0.15) is 22.2 Å². The molecule has 0 aliphatic carbocycles. The number of rotatable bonds is 5. The van der Waals surface area contributed by atoms with E-state index in [1.54, 1.807) is 25.4 Å². The molecule has 16 heavy (non-hydrogen) atoms. The molecule has 1 atom stereocenters. The summed E-state index contributed by atoms with van der Waals surface area (Å²) in [7, 11) is 1.59. The fourth-order valence-corrected chi connectivity index (χ4v) is 1.99. The molecule has 0 bridgehead atoms. The first-order valence-corrected chi connectivity index (χ1v) is 5.74. The molecule has 0 saturated heterocycles. The number of hydrogen-bond acceptors (Lipinski definition) is 4. The summed E-state index contributed by atoms with van der Waals surface area (Å²) in [5.41, 5.74) is 5.64. The van der Waals surface area contributed by atoms with Gasteiger partial charge in [0, 0.05) is 23.8 Å². The van der Waals surface area contributed by atoms with Gasteiger partial charge in [-0.25, -0.2) is 0 Å². The lowest BCUT2D eigenvalue weighted by atomic mass is 10.3. The van der Waals surface area contributed by atoms with Crippen molar-refractivity contribution in [2.75, 3.05) is 7.05 Å². The Bertz CT molecular complexity index is 389. The Morgan fingerprint density at radius 3 is 2.75 bits per heavy atom. The number of nitrogens with two attached hydrogens (primary N) is 1. The van der Waals surface area contributed by atoms with Gasteiger partial charge in [0.15, 0.2) is 0 Å². The number of thiophene rings is 1. The Morgan fingerprint density at radius 1 is 1.56 bits per heavy atom. The number of carbonyl (C=O) groups excluding carboxylic acids is 2. The minimum Gasteiger partial charge on any atom is -0.366 e. The summed E-state index contributed by atoms with van der Waals surface area (Å²) in [5, 5.41) is 7.31. The number of likely N-dealkylation sites (N-methyl/N-ethyl adjacent to an activating group) is 1. The van der Waals surface area contributed by atoms with Crippen molar-refractivity contribution in [1.29, 1.82) is 0 Å². The van der Waals surface area contributed by atoms with Crippen LogP contribution < -0.4 is 16.4 Å². The van der Waals surface area contributed by atoms with Crippen LogP contribution >= 0.6 is 11.3 Å².